The van der Waals surface area contributed by atoms with Gasteiger partial charge in [0.25, 0.3) is 5.91 Å². The van der Waals surface area contributed by atoms with Crippen LogP contribution in [0.3, 0.4) is 0 Å². The Hall–Kier alpha value is -1.17. The van der Waals surface area contributed by atoms with E-state index in [0.717, 1.165) is 12.3 Å². The van der Waals surface area contributed by atoms with Crippen LogP contribution in [0.5, 0.6) is 5.75 Å². The number of rotatable bonds is 4. The van der Waals surface area contributed by atoms with Crippen LogP contribution in [-0.2, 0) is 4.79 Å². The Bertz CT molecular complexity index is 670. The summed E-state index contributed by atoms with van der Waals surface area (Å²) in [4.78, 5) is 14.9. The smallest absolute Gasteiger partial charge is 0.267 e. The van der Waals surface area contributed by atoms with Gasteiger partial charge in [0.1, 0.15) is 11.1 Å². The molecule has 6 heteroatoms. The zero-order valence-corrected chi connectivity index (χ0v) is 15.4. The summed E-state index contributed by atoms with van der Waals surface area (Å²) in [6.07, 6.45) is 0. The molecule has 3 rings (SSSR count). The monoisotopic (exact) mass is 367 g/mol. The van der Waals surface area contributed by atoms with Gasteiger partial charge in [-0.25, -0.2) is 0 Å². The second kappa shape index (κ2) is 6.75. The first-order valence-corrected chi connectivity index (χ1v) is 9.74. The normalized spacial score (nSPS) is 18.2. The molecular formula is C17H18ClNO2S2. The SMILES string of the molecule is CC(C)(Oc1ccc(Cl)cc1)C(=O)N1CCS[C@@H]1c1ccsc1. The molecule has 1 aliphatic heterocycles. The molecule has 1 fully saturated rings. The van der Waals surface area contributed by atoms with Crippen molar-refractivity contribution in [1.29, 1.82) is 0 Å². The van der Waals surface area contributed by atoms with Crippen LogP contribution in [0.4, 0.5) is 0 Å². The molecule has 0 aliphatic carbocycles. The molecule has 1 aromatic heterocycles. The Kier molecular flexibility index (Phi) is 4.90. The number of hydrogen-bond acceptors (Lipinski definition) is 4. The Morgan fingerprint density at radius 2 is 2.04 bits per heavy atom. The van der Waals surface area contributed by atoms with Crippen LogP contribution in [0, 0.1) is 0 Å². The van der Waals surface area contributed by atoms with Crippen molar-refractivity contribution in [2.45, 2.75) is 24.8 Å². The maximum absolute atomic E-state index is 13.0. The van der Waals surface area contributed by atoms with Crippen molar-refractivity contribution in [2.75, 3.05) is 12.3 Å². The number of carbonyl (C=O) groups excluding carboxylic acids is 1. The Morgan fingerprint density at radius 1 is 1.30 bits per heavy atom. The average Bonchev–Trinajstić information content (AvgIpc) is 3.18. The van der Waals surface area contributed by atoms with Gasteiger partial charge in [-0.15, -0.1) is 11.8 Å². The number of hydrogen-bond donors (Lipinski definition) is 0. The first-order valence-electron chi connectivity index (χ1n) is 7.37. The van der Waals surface area contributed by atoms with Crippen molar-refractivity contribution in [3.8, 4) is 5.75 Å². The second-order valence-electron chi connectivity index (χ2n) is 5.84. The number of halogens is 1. The molecule has 2 aromatic rings. The number of nitrogens with zero attached hydrogens (tertiary/aromatic N) is 1. The number of benzene rings is 1. The van der Waals surface area contributed by atoms with Crippen LogP contribution < -0.4 is 4.74 Å². The molecule has 1 aromatic carbocycles. The van der Waals surface area contributed by atoms with Gasteiger partial charge in [-0.2, -0.15) is 11.3 Å². The molecule has 1 amide bonds. The quantitative estimate of drug-likeness (QED) is 0.774. The van der Waals surface area contributed by atoms with Gasteiger partial charge in [0.05, 0.1) is 0 Å². The molecule has 0 spiro atoms. The van der Waals surface area contributed by atoms with Crippen LogP contribution in [0.25, 0.3) is 0 Å². The minimum Gasteiger partial charge on any atom is -0.478 e. The lowest BCUT2D eigenvalue weighted by atomic mass is 10.1. The highest BCUT2D eigenvalue weighted by molar-refractivity contribution is 7.99. The molecule has 3 nitrogen and oxygen atoms in total. The van der Waals surface area contributed by atoms with Crippen LogP contribution in [-0.4, -0.2) is 28.7 Å². The molecule has 0 N–H and O–H groups in total. The van der Waals surface area contributed by atoms with Gasteiger partial charge >= 0.3 is 0 Å². The van der Waals surface area contributed by atoms with E-state index < -0.39 is 5.60 Å². The predicted molar refractivity (Wildman–Crippen MR) is 97.4 cm³/mol. The van der Waals surface area contributed by atoms with Gasteiger partial charge in [-0.1, -0.05) is 11.6 Å². The third kappa shape index (κ3) is 3.67. The molecule has 1 aliphatic rings. The highest BCUT2D eigenvalue weighted by atomic mass is 35.5. The van der Waals surface area contributed by atoms with Crippen molar-refractivity contribution in [3.05, 3.63) is 51.7 Å². The summed E-state index contributed by atoms with van der Waals surface area (Å²) in [5.74, 6) is 1.60. The minimum absolute atomic E-state index is 0.00801. The topological polar surface area (TPSA) is 29.5 Å². The third-order valence-electron chi connectivity index (χ3n) is 3.68. The minimum atomic E-state index is -0.924. The van der Waals surface area contributed by atoms with E-state index in [-0.39, 0.29) is 11.3 Å². The largest absolute Gasteiger partial charge is 0.478 e. The highest BCUT2D eigenvalue weighted by Gasteiger charge is 2.40. The standard InChI is InChI=1S/C17H18ClNO2S2/c1-17(2,21-14-5-3-13(18)4-6-14)16(20)19-8-10-23-15(19)12-7-9-22-11-12/h3-7,9,11,15H,8,10H2,1-2H3/t15-/m1/s1. The molecule has 1 atom stereocenters. The molecule has 122 valence electrons. The van der Waals surface area contributed by atoms with Gasteiger partial charge in [-0.3, -0.25) is 4.79 Å². The van der Waals surface area contributed by atoms with Gasteiger partial charge in [0.15, 0.2) is 5.60 Å². The van der Waals surface area contributed by atoms with E-state index in [1.54, 1.807) is 47.4 Å². The van der Waals surface area contributed by atoms with E-state index in [2.05, 4.69) is 11.4 Å². The summed E-state index contributed by atoms with van der Waals surface area (Å²) in [5, 5.41) is 4.89. The number of amides is 1. The predicted octanol–water partition coefficient (Wildman–Crippen LogP) is 4.83. The Balaban J connectivity index is 1.76. The fourth-order valence-corrected chi connectivity index (χ4v) is 4.69. The van der Waals surface area contributed by atoms with E-state index in [1.165, 1.54) is 5.56 Å². The lowest BCUT2D eigenvalue weighted by Crippen LogP contribution is -2.48. The number of carbonyl (C=O) groups is 1. The van der Waals surface area contributed by atoms with Crippen molar-refractivity contribution in [1.82, 2.24) is 4.90 Å². The summed E-state index contributed by atoms with van der Waals surface area (Å²) < 4.78 is 5.94. The summed E-state index contributed by atoms with van der Waals surface area (Å²) in [6.45, 7) is 4.38. The van der Waals surface area contributed by atoms with Gasteiger partial charge < -0.3 is 9.64 Å². The Labute approximate surface area is 149 Å². The van der Waals surface area contributed by atoms with Crippen LogP contribution in [0.2, 0.25) is 5.02 Å². The Morgan fingerprint density at radius 3 is 2.70 bits per heavy atom. The molecule has 2 heterocycles. The zero-order valence-electron chi connectivity index (χ0n) is 13.0. The highest BCUT2D eigenvalue weighted by Crippen LogP contribution is 2.40. The van der Waals surface area contributed by atoms with Crippen LogP contribution in [0.1, 0.15) is 24.8 Å². The summed E-state index contributed by atoms with van der Waals surface area (Å²) in [5.41, 5.74) is 0.264. The van der Waals surface area contributed by atoms with E-state index in [9.17, 15) is 4.79 Å². The maximum Gasteiger partial charge on any atom is 0.267 e. The van der Waals surface area contributed by atoms with E-state index in [1.807, 2.05) is 24.1 Å². The van der Waals surface area contributed by atoms with Crippen LogP contribution >= 0.6 is 34.7 Å². The number of thioether (sulfide) groups is 1. The van der Waals surface area contributed by atoms with E-state index in [0.29, 0.717) is 10.8 Å². The summed E-state index contributed by atoms with van der Waals surface area (Å²) >= 11 is 9.35. The summed E-state index contributed by atoms with van der Waals surface area (Å²) in [7, 11) is 0. The number of thiophene rings is 1. The molecule has 0 unspecified atom stereocenters. The zero-order chi connectivity index (χ0) is 16.4. The third-order valence-corrected chi connectivity index (χ3v) is 5.90. The van der Waals surface area contributed by atoms with Crippen molar-refractivity contribution >= 4 is 40.6 Å². The van der Waals surface area contributed by atoms with Gasteiger partial charge in [0.2, 0.25) is 0 Å². The fraction of sp³-hybridized carbons (Fsp3) is 0.353. The van der Waals surface area contributed by atoms with Crippen LogP contribution in [0.15, 0.2) is 41.1 Å². The lowest BCUT2D eigenvalue weighted by molar-refractivity contribution is -0.145. The van der Waals surface area contributed by atoms with Crippen molar-refractivity contribution < 1.29 is 9.53 Å². The molecule has 0 radical (unpaired) electrons. The second-order valence-corrected chi connectivity index (χ2v) is 8.25. The molecule has 1 saturated heterocycles. The lowest BCUT2D eigenvalue weighted by Gasteiger charge is -2.32. The molecule has 0 saturated carbocycles. The van der Waals surface area contributed by atoms with Gasteiger partial charge in [-0.05, 0) is 60.5 Å². The first kappa shape index (κ1) is 16.7. The molecular weight excluding hydrogens is 350 g/mol. The molecule has 0 bridgehead atoms. The first-order chi connectivity index (χ1) is 11.0. The summed E-state index contributed by atoms with van der Waals surface area (Å²) in [6, 6.07) is 9.18. The van der Waals surface area contributed by atoms with E-state index >= 15 is 0 Å². The van der Waals surface area contributed by atoms with Gasteiger partial charge in [0, 0.05) is 17.3 Å². The van der Waals surface area contributed by atoms with Crippen molar-refractivity contribution in [2.24, 2.45) is 0 Å². The number of ether oxygens (including phenoxy) is 1. The van der Waals surface area contributed by atoms with E-state index in [4.69, 9.17) is 16.3 Å². The molecule has 23 heavy (non-hydrogen) atoms. The average molecular weight is 368 g/mol. The fourth-order valence-electron chi connectivity index (χ4n) is 2.56. The van der Waals surface area contributed by atoms with Crippen molar-refractivity contribution in [3.63, 3.8) is 0 Å². The maximum atomic E-state index is 13.0.